The third-order valence-corrected chi connectivity index (χ3v) is 2.60. The Morgan fingerprint density at radius 1 is 1.00 bits per heavy atom. The molecular weight excluding hydrogens is 213 g/mol. The predicted octanol–water partition coefficient (Wildman–Crippen LogP) is 4.01. The monoisotopic (exact) mass is 227 g/mol. The van der Waals surface area contributed by atoms with E-state index in [0.717, 1.165) is 5.56 Å². The molecule has 0 fully saturated rings. The highest BCUT2D eigenvalue weighted by Gasteiger charge is 2.00. The van der Waals surface area contributed by atoms with Crippen molar-refractivity contribution in [1.29, 1.82) is 0 Å². The van der Waals surface area contributed by atoms with Gasteiger partial charge >= 0.3 is 0 Å². The molecule has 0 aliphatic rings. The summed E-state index contributed by atoms with van der Waals surface area (Å²) in [5.41, 5.74) is 2.08. The summed E-state index contributed by atoms with van der Waals surface area (Å²) in [4.78, 5) is 4.45. The Balaban J connectivity index is 2.08. The summed E-state index contributed by atoms with van der Waals surface area (Å²) in [6.45, 7) is 2.04. The van der Waals surface area contributed by atoms with Crippen molar-refractivity contribution in [1.82, 2.24) is 0 Å². The zero-order chi connectivity index (χ0) is 12.1. The van der Waals surface area contributed by atoms with Crippen LogP contribution in [0, 0.1) is 5.82 Å². The fourth-order valence-corrected chi connectivity index (χ4v) is 1.56. The molecule has 0 bridgehead atoms. The molecule has 1 atom stereocenters. The van der Waals surface area contributed by atoms with Gasteiger partial charge in [-0.2, -0.15) is 0 Å². The Morgan fingerprint density at radius 3 is 2.29 bits per heavy atom. The van der Waals surface area contributed by atoms with E-state index in [1.54, 1.807) is 18.3 Å². The van der Waals surface area contributed by atoms with E-state index in [9.17, 15) is 4.39 Å². The lowest BCUT2D eigenvalue weighted by Gasteiger charge is -2.05. The SMILES string of the molecule is C[C@H](N=Cc1ccc(F)cc1)c1ccccc1. The molecular formula is C15H14FN. The zero-order valence-corrected chi connectivity index (χ0v) is 9.68. The maximum Gasteiger partial charge on any atom is 0.123 e. The first-order valence-electron chi connectivity index (χ1n) is 5.59. The Labute approximate surface area is 101 Å². The van der Waals surface area contributed by atoms with Gasteiger partial charge in [-0.25, -0.2) is 4.39 Å². The highest BCUT2D eigenvalue weighted by molar-refractivity contribution is 5.79. The lowest BCUT2D eigenvalue weighted by molar-refractivity contribution is 0.628. The summed E-state index contributed by atoms with van der Waals surface area (Å²) in [5.74, 6) is -0.224. The van der Waals surface area contributed by atoms with E-state index in [2.05, 4.69) is 4.99 Å². The van der Waals surface area contributed by atoms with E-state index in [1.165, 1.54) is 17.7 Å². The maximum absolute atomic E-state index is 12.7. The summed E-state index contributed by atoms with van der Waals surface area (Å²) in [6, 6.07) is 16.5. The molecule has 2 aromatic rings. The molecule has 0 saturated carbocycles. The maximum atomic E-state index is 12.7. The van der Waals surface area contributed by atoms with Crippen LogP contribution in [0.4, 0.5) is 4.39 Å². The van der Waals surface area contributed by atoms with E-state index in [4.69, 9.17) is 0 Å². The summed E-state index contributed by atoms with van der Waals surface area (Å²) in [5, 5.41) is 0. The average Bonchev–Trinajstić information content (AvgIpc) is 2.39. The third-order valence-electron chi connectivity index (χ3n) is 2.60. The summed E-state index contributed by atoms with van der Waals surface area (Å²) < 4.78 is 12.7. The van der Waals surface area contributed by atoms with Gasteiger partial charge in [-0.1, -0.05) is 42.5 Å². The Morgan fingerprint density at radius 2 is 1.65 bits per heavy atom. The van der Waals surface area contributed by atoms with Gasteiger partial charge in [0.05, 0.1) is 6.04 Å². The van der Waals surface area contributed by atoms with Crippen molar-refractivity contribution in [3.05, 3.63) is 71.5 Å². The van der Waals surface area contributed by atoms with Crippen molar-refractivity contribution in [2.45, 2.75) is 13.0 Å². The van der Waals surface area contributed by atoms with Gasteiger partial charge in [0.1, 0.15) is 5.82 Å². The molecule has 0 N–H and O–H groups in total. The lowest BCUT2D eigenvalue weighted by Crippen LogP contribution is -1.90. The van der Waals surface area contributed by atoms with Crippen LogP contribution in [0.3, 0.4) is 0 Å². The summed E-state index contributed by atoms with van der Waals surface area (Å²) in [6.07, 6.45) is 1.77. The van der Waals surface area contributed by atoms with Crippen molar-refractivity contribution in [3.63, 3.8) is 0 Å². The van der Waals surface area contributed by atoms with E-state index in [0.29, 0.717) is 0 Å². The fraction of sp³-hybridized carbons (Fsp3) is 0.133. The van der Waals surface area contributed by atoms with Gasteiger partial charge in [-0.05, 0) is 30.2 Å². The zero-order valence-electron chi connectivity index (χ0n) is 9.68. The summed E-state index contributed by atoms with van der Waals surface area (Å²) >= 11 is 0. The molecule has 0 aliphatic heterocycles. The van der Waals surface area contributed by atoms with Crippen LogP contribution in [0.25, 0.3) is 0 Å². The topological polar surface area (TPSA) is 12.4 Å². The molecule has 0 aliphatic carbocycles. The second-order valence-electron chi connectivity index (χ2n) is 3.92. The summed E-state index contributed by atoms with van der Waals surface area (Å²) in [7, 11) is 0. The Bertz CT molecular complexity index is 488. The van der Waals surface area contributed by atoms with Crippen LogP contribution in [0.2, 0.25) is 0 Å². The second-order valence-corrected chi connectivity index (χ2v) is 3.92. The molecule has 17 heavy (non-hydrogen) atoms. The van der Waals surface area contributed by atoms with E-state index < -0.39 is 0 Å². The average molecular weight is 227 g/mol. The number of rotatable bonds is 3. The molecule has 2 aromatic carbocycles. The minimum Gasteiger partial charge on any atom is -0.285 e. The van der Waals surface area contributed by atoms with E-state index >= 15 is 0 Å². The van der Waals surface area contributed by atoms with Crippen molar-refractivity contribution in [2.24, 2.45) is 4.99 Å². The molecule has 2 heteroatoms. The first kappa shape index (κ1) is 11.5. The molecule has 0 aromatic heterocycles. The van der Waals surface area contributed by atoms with Crippen LogP contribution in [0.1, 0.15) is 24.1 Å². The van der Waals surface area contributed by atoms with E-state index in [1.807, 2.05) is 37.3 Å². The van der Waals surface area contributed by atoms with Crippen LogP contribution in [0.5, 0.6) is 0 Å². The van der Waals surface area contributed by atoms with Gasteiger partial charge < -0.3 is 0 Å². The van der Waals surface area contributed by atoms with Gasteiger partial charge in [-0.15, -0.1) is 0 Å². The normalized spacial score (nSPS) is 12.8. The largest absolute Gasteiger partial charge is 0.285 e. The molecule has 0 unspecified atom stereocenters. The third kappa shape index (κ3) is 3.25. The number of hydrogen-bond donors (Lipinski definition) is 0. The first-order chi connectivity index (χ1) is 8.25. The van der Waals surface area contributed by atoms with Crippen molar-refractivity contribution in [3.8, 4) is 0 Å². The van der Waals surface area contributed by atoms with Gasteiger partial charge in [0, 0.05) is 6.21 Å². The van der Waals surface area contributed by atoms with Crippen molar-refractivity contribution in [2.75, 3.05) is 0 Å². The van der Waals surface area contributed by atoms with Gasteiger partial charge in [0.25, 0.3) is 0 Å². The van der Waals surface area contributed by atoms with Gasteiger partial charge in [0.15, 0.2) is 0 Å². The Kier molecular flexibility index (Phi) is 3.66. The highest BCUT2D eigenvalue weighted by atomic mass is 19.1. The minimum atomic E-state index is -0.224. The minimum absolute atomic E-state index is 0.112. The van der Waals surface area contributed by atoms with Gasteiger partial charge in [0.2, 0.25) is 0 Å². The number of halogens is 1. The number of nitrogens with zero attached hydrogens (tertiary/aromatic N) is 1. The highest BCUT2D eigenvalue weighted by Crippen LogP contribution is 2.15. The smallest absolute Gasteiger partial charge is 0.123 e. The first-order valence-corrected chi connectivity index (χ1v) is 5.59. The predicted molar refractivity (Wildman–Crippen MR) is 68.9 cm³/mol. The molecule has 0 radical (unpaired) electrons. The Hall–Kier alpha value is -1.96. The van der Waals surface area contributed by atoms with Crippen molar-refractivity contribution >= 4 is 6.21 Å². The molecule has 0 amide bonds. The number of aliphatic imine (C=N–C) groups is 1. The van der Waals surface area contributed by atoms with Crippen LogP contribution in [0.15, 0.2) is 59.6 Å². The van der Waals surface area contributed by atoms with Crippen LogP contribution in [-0.2, 0) is 0 Å². The fourth-order valence-electron chi connectivity index (χ4n) is 1.56. The number of benzene rings is 2. The standard InChI is InChI=1S/C15H14FN/c1-12(14-5-3-2-4-6-14)17-11-13-7-9-15(16)10-8-13/h2-12H,1H3/t12-/m0/s1. The molecule has 0 saturated heterocycles. The molecule has 1 nitrogen and oxygen atoms in total. The molecule has 0 spiro atoms. The number of hydrogen-bond acceptors (Lipinski definition) is 1. The van der Waals surface area contributed by atoms with Crippen LogP contribution >= 0.6 is 0 Å². The van der Waals surface area contributed by atoms with E-state index in [-0.39, 0.29) is 11.9 Å². The quantitative estimate of drug-likeness (QED) is 0.703. The molecule has 86 valence electrons. The molecule has 0 heterocycles. The van der Waals surface area contributed by atoms with Gasteiger partial charge in [-0.3, -0.25) is 4.99 Å². The lowest BCUT2D eigenvalue weighted by atomic mass is 10.1. The van der Waals surface area contributed by atoms with Crippen LogP contribution < -0.4 is 0 Å². The van der Waals surface area contributed by atoms with Crippen molar-refractivity contribution < 1.29 is 4.39 Å². The molecule has 2 rings (SSSR count). The van der Waals surface area contributed by atoms with Crippen LogP contribution in [-0.4, -0.2) is 6.21 Å². The second kappa shape index (κ2) is 5.39.